The van der Waals surface area contributed by atoms with Gasteiger partial charge in [-0.25, -0.2) is 18.7 Å². The molecule has 9 heteroatoms. The van der Waals surface area contributed by atoms with Gasteiger partial charge in [-0.3, -0.25) is 4.79 Å². The van der Waals surface area contributed by atoms with Crippen molar-refractivity contribution >= 4 is 22.8 Å². The maximum Gasteiger partial charge on any atom is 0.309 e. The number of aliphatic hydroxyl groups excluding tert-OH is 1. The third kappa shape index (κ3) is 3.15. The highest BCUT2D eigenvalue weighted by molar-refractivity contribution is 5.87. The quantitative estimate of drug-likeness (QED) is 0.742. The first-order valence-electron chi connectivity index (χ1n) is 10.0. The number of hydrogen-bond donors (Lipinski definition) is 2. The van der Waals surface area contributed by atoms with Gasteiger partial charge in [0.25, 0.3) is 0 Å². The molecule has 3 heterocycles. The third-order valence-electron chi connectivity index (χ3n) is 6.87. The smallest absolute Gasteiger partial charge is 0.309 e. The second-order valence-corrected chi connectivity index (χ2v) is 9.04. The third-order valence-corrected chi connectivity index (χ3v) is 6.87. The molecule has 0 bridgehead atoms. The van der Waals surface area contributed by atoms with E-state index in [0.717, 1.165) is 29.7 Å². The van der Waals surface area contributed by atoms with Crippen LogP contribution in [0.4, 0.5) is 14.6 Å². The van der Waals surface area contributed by atoms with E-state index >= 15 is 0 Å². The number of ether oxygens (including phenoxy) is 1. The van der Waals surface area contributed by atoms with Gasteiger partial charge in [0.15, 0.2) is 0 Å². The number of hydrogen-bond acceptors (Lipinski definition) is 6. The number of aromatic amines is 1. The molecule has 3 fully saturated rings. The van der Waals surface area contributed by atoms with Gasteiger partial charge in [-0.1, -0.05) is 0 Å². The number of H-pyrrole nitrogens is 1. The van der Waals surface area contributed by atoms with Crippen LogP contribution in [0, 0.1) is 16.7 Å². The number of aliphatic hydroxyl groups is 1. The number of carbonyl (C=O) groups excluding carboxylic acids is 1. The SMILES string of the molecule is O=C(OCC1(CO)CC(F)(F)C1)[C@@H]1CCN(c2ncnc3[nH]ccc23)CC12CC2. The normalized spacial score (nSPS) is 26.3. The van der Waals surface area contributed by atoms with Crippen molar-refractivity contribution in [3.63, 3.8) is 0 Å². The Bertz CT molecular complexity index is 935. The maximum atomic E-state index is 13.3. The van der Waals surface area contributed by atoms with Crippen LogP contribution < -0.4 is 4.90 Å². The molecule has 1 atom stereocenters. The number of anilines is 1. The molecule has 1 spiro atoms. The summed E-state index contributed by atoms with van der Waals surface area (Å²) in [6, 6.07) is 1.95. The summed E-state index contributed by atoms with van der Waals surface area (Å²) in [5.74, 6) is -2.46. The van der Waals surface area contributed by atoms with Crippen LogP contribution in [0.15, 0.2) is 18.6 Å². The van der Waals surface area contributed by atoms with Crippen molar-refractivity contribution in [1.29, 1.82) is 0 Å². The van der Waals surface area contributed by atoms with E-state index in [9.17, 15) is 18.7 Å². The van der Waals surface area contributed by atoms with Crippen molar-refractivity contribution in [1.82, 2.24) is 15.0 Å². The molecule has 7 nitrogen and oxygen atoms in total. The highest BCUT2D eigenvalue weighted by atomic mass is 19.3. The van der Waals surface area contributed by atoms with Crippen LogP contribution in [0.1, 0.15) is 32.1 Å². The lowest BCUT2D eigenvalue weighted by molar-refractivity contribution is -0.202. The molecule has 1 aliphatic heterocycles. The summed E-state index contributed by atoms with van der Waals surface area (Å²) >= 11 is 0. The Kier molecular flexibility index (Phi) is 4.10. The number of aromatic nitrogens is 3. The van der Waals surface area contributed by atoms with Crippen LogP contribution in [0.5, 0.6) is 0 Å². The zero-order valence-electron chi connectivity index (χ0n) is 16.0. The molecule has 0 amide bonds. The summed E-state index contributed by atoms with van der Waals surface area (Å²) in [6.45, 7) is 0.860. The van der Waals surface area contributed by atoms with Crippen LogP contribution in [0.2, 0.25) is 0 Å². The van der Waals surface area contributed by atoms with Crippen molar-refractivity contribution in [2.45, 2.75) is 38.0 Å². The van der Waals surface area contributed by atoms with Crippen LogP contribution in [0.25, 0.3) is 11.0 Å². The zero-order valence-corrected chi connectivity index (χ0v) is 16.0. The molecule has 5 rings (SSSR count). The molecule has 2 aromatic rings. The fourth-order valence-electron chi connectivity index (χ4n) is 5.12. The zero-order chi connectivity index (χ0) is 20.3. The minimum Gasteiger partial charge on any atom is -0.465 e. The lowest BCUT2D eigenvalue weighted by Crippen LogP contribution is -2.52. The predicted octanol–water partition coefficient (Wildman–Crippen LogP) is 2.52. The molecule has 3 aliphatic rings. The molecule has 2 saturated carbocycles. The van der Waals surface area contributed by atoms with Gasteiger partial charge in [0.05, 0.1) is 24.5 Å². The fraction of sp³-hybridized carbons (Fsp3) is 0.650. The average Bonchev–Trinajstić information content (AvgIpc) is 3.26. The van der Waals surface area contributed by atoms with Crippen LogP contribution >= 0.6 is 0 Å². The molecule has 0 aromatic carbocycles. The van der Waals surface area contributed by atoms with Gasteiger partial charge in [-0.15, -0.1) is 0 Å². The van der Waals surface area contributed by atoms with Crippen molar-refractivity contribution in [2.75, 3.05) is 31.2 Å². The van der Waals surface area contributed by atoms with Gasteiger partial charge >= 0.3 is 5.97 Å². The number of nitrogens with zero attached hydrogens (tertiary/aromatic N) is 3. The van der Waals surface area contributed by atoms with Gasteiger partial charge in [0, 0.05) is 43.0 Å². The summed E-state index contributed by atoms with van der Waals surface area (Å²) in [5, 5.41) is 10.4. The summed E-state index contributed by atoms with van der Waals surface area (Å²) in [5.41, 5.74) is -0.344. The van der Waals surface area contributed by atoms with Crippen LogP contribution in [-0.4, -0.2) is 58.3 Å². The molecular weight excluding hydrogens is 382 g/mol. The molecule has 2 aliphatic carbocycles. The van der Waals surface area contributed by atoms with E-state index in [4.69, 9.17) is 4.74 Å². The van der Waals surface area contributed by atoms with Crippen LogP contribution in [-0.2, 0) is 9.53 Å². The van der Waals surface area contributed by atoms with E-state index in [1.165, 1.54) is 6.33 Å². The number of halogens is 2. The Morgan fingerprint density at radius 1 is 1.34 bits per heavy atom. The van der Waals surface area contributed by atoms with E-state index < -0.39 is 24.2 Å². The second-order valence-electron chi connectivity index (χ2n) is 9.04. The number of rotatable bonds is 5. The Balaban J connectivity index is 1.26. The van der Waals surface area contributed by atoms with Crippen LogP contribution in [0.3, 0.4) is 0 Å². The van der Waals surface area contributed by atoms with Gasteiger partial charge in [0.1, 0.15) is 17.8 Å². The molecule has 0 radical (unpaired) electrons. The number of alkyl halides is 2. The minimum atomic E-state index is -2.76. The maximum absolute atomic E-state index is 13.3. The van der Waals surface area contributed by atoms with Crippen molar-refractivity contribution in [3.05, 3.63) is 18.6 Å². The predicted molar refractivity (Wildman–Crippen MR) is 101 cm³/mol. The first-order valence-corrected chi connectivity index (χ1v) is 10.0. The molecule has 156 valence electrons. The minimum absolute atomic E-state index is 0.135. The molecular formula is C20H24F2N4O3. The average molecular weight is 406 g/mol. The van der Waals surface area contributed by atoms with Gasteiger partial charge in [-0.05, 0) is 25.3 Å². The summed E-state index contributed by atoms with van der Waals surface area (Å²) in [6.07, 6.45) is 5.04. The lowest BCUT2D eigenvalue weighted by Gasteiger charge is -2.46. The standard InChI is InChI=1S/C20H24F2N4O3/c21-20(22)7-18(8-20,10-27)11-29-17(28)14-2-6-26(9-19(14)3-4-19)16-13-1-5-23-15(13)24-12-25-16/h1,5,12,14,27H,2-4,6-11H2,(H,23,24,25)/t14-/m0/s1. The van der Waals surface area contributed by atoms with E-state index in [-0.39, 0.29) is 30.5 Å². The number of nitrogens with one attached hydrogen (secondary N) is 1. The Labute approximate surface area is 166 Å². The first-order chi connectivity index (χ1) is 13.9. The molecule has 1 saturated heterocycles. The van der Waals surface area contributed by atoms with E-state index in [1.807, 2.05) is 12.3 Å². The highest BCUT2D eigenvalue weighted by Crippen LogP contribution is 2.57. The summed E-state index contributed by atoms with van der Waals surface area (Å²) < 4.78 is 32.0. The summed E-state index contributed by atoms with van der Waals surface area (Å²) in [7, 11) is 0. The fourth-order valence-corrected chi connectivity index (χ4v) is 5.12. The van der Waals surface area contributed by atoms with Crippen molar-refractivity contribution in [3.8, 4) is 0 Å². The lowest BCUT2D eigenvalue weighted by atomic mass is 9.67. The monoisotopic (exact) mass is 406 g/mol. The second kappa shape index (κ2) is 6.35. The number of esters is 1. The molecule has 29 heavy (non-hydrogen) atoms. The van der Waals surface area contributed by atoms with Gasteiger partial charge in [-0.2, -0.15) is 0 Å². The Hall–Kier alpha value is -2.29. The Morgan fingerprint density at radius 3 is 2.83 bits per heavy atom. The Morgan fingerprint density at radius 2 is 2.14 bits per heavy atom. The van der Waals surface area contributed by atoms with Crippen molar-refractivity contribution in [2.24, 2.45) is 16.7 Å². The van der Waals surface area contributed by atoms with E-state index in [0.29, 0.717) is 19.5 Å². The van der Waals surface area contributed by atoms with E-state index in [2.05, 4.69) is 19.9 Å². The molecule has 2 aromatic heterocycles. The van der Waals surface area contributed by atoms with Gasteiger partial charge < -0.3 is 19.7 Å². The highest BCUT2D eigenvalue weighted by Gasteiger charge is 2.59. The molecule has 2 N–H and O–H groups in total. The number of carbonyl (C=O) groups is 1. The van der Waals surface area contributed by atoms with Gasteiger partial charge in [0.2, 0.25) is 5.92 Å². The topological polar surface area (TPSA) is 91.3 Å². The summed E-state index contributed by atoms with van der Waals surface area (Å²) in [4.78, 5) is 26.8. The first kappa shape index (κ1) is 18.7. The molecule has 0 unspecified atom stereocenters. The van der Waals surface area contributed by atoms with E-state index in [1.54, 1.807) is 0 Å². The largest absolute Gasteiger partial charge is 0.465 e. The number of fused-ring (bicyclic) bond motifs is 1. The number of piperidine rings is 1. The van der Waals surface area contributed by atoms with Crippen molar-refractivity contribution < 1.29 is 23.4 Å².